The van der Waals surface area contributed by atoms with Crippen LogP contribution >= 0.6 is 22.7 Å². The van der Waals surface area contributed by atoms with Gasteiger partial charge in [0.05, 0.1) is 51.8 Å². The highest BCUT2D eigenvalue weighted by Gasteiger charge is 2.21. The van der Waals surface area contributed by atoms with Crippen molar-refractivity contribution in [2.45, 2.75) is 45.4 Å². The number of hydrogen-bond donors (Lipinski definition) is 4. The lowest BCUT2D eigenvalue weighted by Crippen LogP contribution is -2.25. The molecule has 6 aromatic rings. The molecule has 0 bridgehead atoms. The van der Waals surface area contributed by atoms with E-state index in [1.807, 2.05) is 24.3 Å². The van der Waals surface area contributed by atoms with Gasteiger partial charge in [0.25, 0.3) is 11.8 Å². The highest BCUT2D eigenvalue weighted by atomic mass is 32.1. The summed E-state index contributed by atoms with van der Waals surface area (Å²) >= 11 is 3.25. The second kappa shape index (κ2) is 23.5. The second-order valence-corrected chi connectivity index (χ2v) is 18.0. The lowest BCUT2D eigenvalue weighted by atomic mass is 10.1. The van der Waals surface area contributed by atoms with Crippen LogP contribution in [0.4, 0.5) is 5.13 Å². The fourth-order valence-corrected chi connectivity index (χ4v) is 9.38. The third-order valence-electron chi connectivity index (χ3n) is 10.8. The number of thiazole rings is 2. The van der Waals surface area contributed by atoms with Crippen LogP contribution in [0, 0.1) is 0 Å². The predicted octanol–water partition coefficient (Wildman–Crippen LogP) is 6.55. The van der Waals surface area contributed by atoms with Gasteiger partial charge >= 0.3 is 5.97 Å². The standard InChI is InChI=1S/C25H27N3O4S.C17H17NO5.C7H11N3S/c1-28-10-9-19-23(15-28)33-24(27-19)13-20(29)17-6-4-5-16(11-17)14-26-25(30)18-7-8-21(31-2)22(12-18)32-3;1-22-14-7-6-12(9-15(14)23-2)16(19)18-10-11-4-3-5-13(8-11)17(20)21;1-10-3-2-5-6(4-10)11-7(8)9-5/h4-8,11-12H,9-10,13-15H2,1-3H3,(H,26,30);3-9H,10H2,1-2H3,(H,18,19)(H,20,21);2-4H2,1H3,(H2,8,9). The Balaban J connectivity index is 0.000000187. The number of Topliss-reactive ketones (excluding diaryl/α,β-unsaturated/α-hetero) is 1. The number of methoxy groups -OCH3 is 4. The zero-order chi connectivity index (χ0) is 48.0. The number of nitrogen functional groups attached to an aromatic ring is 1. The average Bonchev–Trinajstić information content (AvgIpc) is 3.93. The van der Waals surface area contributed by atoms with E-state index in [4.69, 9.17) is 29.8 Å². The van der Waals surface area contributed by atoms with Crippen LogP contribution in [-0.4, -0.2) is 104 Å². The van der Waals surface area contributed by atoms with Crippen LogP contribution in [0.2, 0.25) is 0 Å². The van der Waals surface area contributed by atoms with Crippen molar-refractivity contribution >= 4 is 51.4 Å². The number of rotatable bonds is 14. The Hall–Kier alpha value is -6.86. The smallest absolute Gasteiger partial charge is 0.335 e. The number of ether oxygens (including phenoxy) is 4. The number of carbonyl (C=O) groups is 4. The molecule has 0 saturated heterocycles. The molecule has 0 fully saturated rings. The fraction of sp³-hybridized carbons (Fsp3) is 0.306. The van der Waals surface area contributed by atoms with Gasteiger partial charge in [0.2, 0.25) is 0 Å². The van der Waals surface area contributed by atoms with Crippen molar-refractivity contribution in [1.29, 1.82) is 0 Å². The molecule has 67 heavy (non-hydrogen) atoms. The largest absolute Gasteiger partial charge is 0.493 e. The van der Waals surface area contributed by atoms with Crippen molar-refractivity contribution in [3.05, 3.63) is 144 Å². The minimum absolute atomic E-state index is 0.0301. The van der Waals surface area contributed by atoms with Gasteiger partial charge in [-0.3, -0.25) is 14.4 Å². The van der Waals surface area contributed by atoms with Gasteiger partial charge in [0, 0.05) is 78.6 Å². The number of ketones is 1. The Bertz CT molecular complexity index is 2700. The van der Waals surface area contributed by atoms with Gasteiger partial charge in [-0.05, 0) is 79.8 Å². The molecule has 2 aliphatic heterocycles. The van der Waals surface area contributed by atoms with Gasteiger partial charge in [-0.1, -0.05) is 30.3 Å². The summed E-state index contributed by atoms with van der Waals surface area (Å²) in [5.74, 6) is 0.575. The predicted molar refractivity (Wildman–Crippen MR) is 258 cm³/mol. The van der Waals surface area contributed by atoms with Crippen molar-refractivity contribution in [1.82, 2.24) is 30.4 Å². The van der Waals surface area contributed by atoms with Crippen LogP contribution in [0.5, 0.6) is 23.0 Å². The third kappa shape index (κ3) is 13.6. The molecule has 2 aromatic heterocycles. The van der Waals surface area contributed by atoms with Gasteiger partial charge < -0.3 is 50.2 Å². The Morgan fingerprint density at radius 1 is 0.627 bits per heavy atom. The van der Waals surface area contributed by atoms with Crippen LogP contribution in [0.1, 0.15) is 78.7 Å². The number of nitrogens with one attached hydrogen (secondary N) is 2. The molecule has 0 aliphatic carbocycles. The number of fused-ring (bicyclic) bond motifs is 2. The molecule has 16 nitrogen and oxygen atoms in total. The Kier molecular flexibility index (Phi) is 17.4. The third-order valence-corrected chi connectivity index (χ3v) is 12.8. The molecule has 2 amide bonds. The van der Waals surface area contributed by atoms with E-state index in [1.54, 1.807) is 78.3 Å². The summed E-state index contributed by atoms with van der Waals surface area (Å²) in [6.07, 6.45) is 2.29. The molecule has 2 aliphatic rings. The van der Waals surface area contributed by atoms with Crippen LogP contribution in [0.25, 0.3) is 0 Å². The molecule has 0 unspecified atom stereocenters. The molecule has 8 rings (SSSR count). The van der Waals surface area contributed by atoms with Gasteiger partial charge in [0.1, 0.15) is 5.01 Å². The van der Waals surface area contributed by atoms with Crippen molar-refractivity contribution in [3.63, 3.8) is 0 Å². The summed E-state index contributed by atoms with van der Waals surface area (Å²) in [4.78, 5) is 64.7. The van der Waals surface area contributed by atoms with Gasteiger partial charge in [-0.15, -0.1) is 22.7 Å². The minimum Gasteiger partial charge on any atom is -0.493 e. The molecule has 0 atom stereocenters. The first-order valence-electron chi connectivity index (χ1n) is 21.3. The zero-order valence-electron chi connectivity index (χ0n) is 38.3. The zero-order valence-corrected chi connectivity index (χ0v) is 40.0. The van der Waals surface area contributed by atoms with E-state index in [0.717, 1.165) is 55.3 Å². The van der Waals surface area contributed by atoms with E-state index in [-0.39, 0.29) is 29.7 Å². The topological polar surface area (TPSA) is 208 Å². The van der Waals surface area contributed by atoms with Crippen molar-refractivity contribution in [3.8, 4) is 23.0 Å². The second-order valence-electron chi connectivity index (χ2n) is 15.7. The maximum atomic E-state index is 12.9. The molecule has 0 radical (unpaired) electrons. The first-order valence-corrected chi connectivity index (χ1v) is 22.9. The van der Waals surface area contributed by atoms with Gasteiger partial charge in [-0.2, -0.15) is 0 Å². The fourth-order valence-electron chi connectivity index (χ4n) is 7.23. The monoisotopic (exact) mass is 949 g/mol. The van der Waals surface area contributed by atoms with Crippen LogP contribution in [0.15, 0.2) is 84.9 Å². The van der Waals surface area contributed by atoms with Crippen molar-refractivity contribution in [2.24, 2.45) is 0 Å². The SMILES string of the molecule is CN1CCc2nc(N)sc2C1.COc1ccc(C(=O)NCc2cccc(C(=O)Cc3nc4c(s3)CN(C)CC4)c2)cc1OC.COc1ccc(C(=O)NCc2cccc(C(=O)O)c2)cc1OC. The van der Waals surface area contributed by atoms with Gasteiger partial charge in [0.15, 0.2) is 33.9 Å². The number of nitrogens with zero attached hydrogens (tertiary/aromatic N) is 4. The number of carbonyl (C=O) groups excluding carboxylic acids is 3. The van der Waals surface area contributed by atoms with Crippen LogP contribution in [0.3, 0.4) is 0 Å². The van der Waals surface area contributed by atoms with Crippen molar-refractivity contribution < 1.29 is 43.2 Å². The first-order chi connectivity index (χ1) is 32.3. The Morgan fingerprint density at radius 3 is 1.61 bits per heavy atom. The lowest BCUT2D eigenvalue weighted by molar-refractivity contribution is 0.0696. The lowest BCUT2D eigenvalue weighted by Gasteiger charge is -2.20. The summed E-state index contributed by atoms with van der Waals surface area (Å²) in [6.45, 7) is 4.57. The van der Waals surface area contributed by atoms with Gasteiger partial charge in [-0.25, -0.2) is 14.8 Å². The Morgan fingerprint density at radius 2 is 1.10 bits per heavy atom. The minimum atomic E-state index is -1.00. The molecule has 352 valence electrons. The normalized spacial score (nSPS) is 13.0. The maximum absolute atomic E-state index is 12.9. The number of carboxylic acid groups (broad SMARTS) is 1. The molecular formula is C49H55N7O9S2. The first kappa shape index (κ1) is 49.6. The number of nitrogens with two attached hydrogens (primary N) is 1. The maximum Gasteiger partial charge on any atom is 0.335 e. The summed E-state index contributed by atoms with van der Waals surface area (Å²) in [5.41, 5.74) is 11.2. The average molecular weight is 950 g/mol. The summed E-state index contributed by atoms with van der Waals surface area (Å²) < 4.78 is 20.8. The number of likely N-dealkylation sites (N-methyl/N-ethyl adjacent to an activating group) is 2. The molecule has 0 saturated carbocycles. The van der Waals surface area contributed by atoms with Crippen LogP contribution in [-0.2, 0) is 45.4 Å². The molecule has 4 heterocycles. The molecule has 4 aromatic carbocycles. The molecule has 18 heteroatoms. The van der Waals surface area contributed by atoms with E-state index >= 15 is 0 Å². The highest BCUT2D eigenvalue weighted by molar-refractivity contribution is 7.15. The van der Waals surface area contributed by atoms with Crippen molar-refractivity contribution in [2.75, 3.05) is 61.4 Å². The quantitative estimate of drug-likeness (QED) is 0.0855. The summed E-state index contributed by atoms with van der Waals surface area (Å²) in [5, 5.41) is 16.2. The summed E-state index contributed by atoms with van der Waals surface area (Å²) in [6, 6.07) is 23.7. The van der Waals surface area contributed by atoms with E-state index in [2.05, 4.69) is 44.5 Å². The van der Waals surface area contributed by atoms with E-state index in [9.17, 15) is 19.2 Å². The number of aromatic carboxylic acids is 1. The highest BCUT2D eigenvalue weighted by Crippen LogP contribution is 2.30. The Labute approximate surface area is 397 Å². The summed E-state index contributed by atoms with van der Waals surface area (Å²) in [7, 11) is 10.3. The number of amides is 2. The molecule has 5 N–H and O–H groups in total. The number of hydrogen-bond acceptors (Lipinski definition) is 15. The molecular weight excluding hydrogens is 895 g/mol. The number of carboxylic acids is 1. The van der Waals surface area contributed by atoms with E-state index < -0.39 is 5.97 Å². The van der Waals surface area contributed by atoms with E-state index in [0.29, 0.717) is 63.3 Å². The van der Waals surface area contributed by atoms with E-state index in [1.165, 1.54) is 48.9 Å². The number of aromatic nitrogens is 2. The van der Waals surface area contributed by atoms with Crippen LogP contribution < -0.4 is 35.3 Å². The number of benzene rings is 4. The molecule has 0 spiro atoms. The number of anilines is 1.